The van der Waals surface area contributed by atoms with Gasteiger partial charge in [0.15, 0.2) is 0 Å². The highest BCUT2D eigenvalue weighted by Crippen LogP contribution is 2.32. The van der Waals surface area contributed by atoms with E-state index in [0.29, 0.717) is 0 Å². The zero-order valence-corrected chi connectivity index (χ0v) is 8.65. The maximum Gasteiger partial charge on any atom is 0.227 e. The van der Waals surface area contributed by atoms with Gasteiger partial charge < -0.3 is 4.84 Å². The summed E-state index contributed by atoms with van der Waals surface area (Å²) in [4.78, 5) is 10.3. The molecule has 0 radical (unpaired) electrons. The summed E-state index contributed by atoms with van der Waals surface area (Å²) in [6.45, 7) is 0. The van der Waals surface area contributed by atoms with Crippen molar-refractivity contribution in [2.24, 2.45) is 10.1 Å². The Morgan fingerprint density at radius 3 is 2.53 bits per heavy atom. The van der Waals surface area contributed by atoms with E-state index in [9.17, 15) is 0 Å². The molecule has 1 aromatic rings. The van der Waals surface area contributed by atoms with E-state index in [-0.39, 0.29) is 5.72 Å². The highest BCUT2D eigenvalue weighted by atomic mass is 16.7. The third-order valence-corrected chi connectivity index (χ3v) is 3.15. The van der Waals surface area contributed by atoms with Crippen molar-refractivity contribution >= 4 is 0 Å². The van der Waals surface area contributed by atoms with Gasteiger partial charge in [0.25, 0.3) is 0 Å². The van der Waals surface area contributed by atoms with Crippen LogP contribution >= 0.6 is 0 Å². The summed E-state index contributed by atoms with van der Waals surface area (Å²) in [5.41, 5.74) is -0.341. The molecule has 1 aliphatic carbocycles. The Labute approximate surface area is 88.5 Å². The first-order chi connectivity index (χ1) is 7.38. The van der Waals surface area contributed by atoms with Crippen LogP contribution in [0, 0.1) is 0 Å². The minimum atomic E-state index is -0.341. The molecule has 78 valence electrons. The normalized spacial score (nSPS) is 22.1. The third-order valence-electron chi connectivity index (χ3n) is 3.15. The van der Waals surface area contributed by atoms with Gasteiger partial charge in [-0.25, -0.2) is 4.99 Å². The fourth-order valence-electron chi connectivity index (χ4n) is 2.32. The van der Waals surface area contributed by atoms with Crippen LogP contribution in [0.2, 0.25) is 0 Å². The first-order valence-electron chi connectivity index (χ1n) is 5.59. The molecule has 1 heterocycles. The zero-order valence-electron chi connectivity index (χ0n) is 8.65. The summed E-state index contributed by atoms with van der Waals surface area (Å²) in [6.07, 6.45) is 5.69. The molecule has 0 bridgehead atoms. The number of nitrogens with zero attached hydrogens (tertiary/aromatic N) is 2. The van der Waals surface area contributed by atoms with E-state index in [2.05, 4.69) is 5.16 Å². The number of para-hydroxylation sites is 1. The maximum atomic E-state index is 5.59. The third kappa shape index (κ3) is 1.52. The lowest BCUT2D eigenvalue weighted by Gasteiger charge is -2.32. The molecular weight excluding hydrogens is 188 g/mol. The van der Waals surface area contributed by atoms with Crippen molar-refractivity contribution in [2.45, 2.75) is 37.8 Å². The van der Waals surface area contributed by atoms with Gasteiger partial charge in [-0.3, -0.25) is 0 Å². The molecule has 0 unspecified atom stereocenters. The molecule has 3 nitrogen and oxygen atoms in total. The van der Waals surface area contributed by atoms with Gasteiger partial charge in [0, 0.05) is 12.8 Å². The Balaban J connectivity index is 2.08. The van der Waals surface area contributed by atoms with Gasteiger partial charge in [0.1, 0.15) is 5.36 Å². The molecule has 0 N–H and O–H groups in total. The van der Waals surface area contributed by atoms with Gasteiger partial charge in [-0.05, 0) is 25.0 Å². The molecule has 3 heteroatoms. The highest BCUT2D eigenvalue weighted by Gasteiger charge is 2.35. The van der Waals surface area contributed by atoms with Gasteiger partial charge in [-0.2, -0.15) is 0 Å². The number of hydrogen-bond acceptors (Lipinski definition) is 3. The molecule has 0 aromatic heterocycles. The Morgan fingerprint density at radius 1 is 1.00 bits per heavy atom. The second-order valence-corrected chi connectivity index (χ2v) is 4.29. The van der Waals surface area contributed by atoms with Crippen molar-refractivity contribution < 1.29 is 4.84 Å². The van der Waals surface area contributed by atoms with Crippen molar-refractivity contribution in [2.75, 3.05) is 0 Å². The molecule has 2 aliphatic rings. The van der Waals surface area contributed by atoms with E-state index in [1.807, 2.05) is 24.3 Å². The Kier molecular flexibility index (Phi) is 1.97. The van der Waals surface area contributed by atoms with Crippen LogP contribution in [-0.4, -0.2) is 5.72 Å². The molecule has 1 spiro atoms. The number of hydrogen-bond donors (Lipinski definition) is 0. The van der Waals surface area contributed by atoms with Crippen LogP contribution in [0.4, 0.5) is 0 Å². The van der Waals surface area contributed by atoms with Gasteiger partial charge >= 0.3 is 0 Å². The van der Waals surface area contributed by atoms with Crippen LogP contribution < -0.4 is 10.7 Å². The lowest BCUT2D eigenvalue weighted by molar-refractivity contribution is -0.0760. The summed E-state index contributed by atoms with van der Waals surface area (Å²) in [7, 11) is 0. The molecule has 1 aliphatic heterocycles. The predicted octanol–water partition coefficient (Wildman–Crippen LogP) is 1.53. The van der Waals surface area contributed by atoms with Gasteiger partial charge in [0.05, 0.1) is 5.36 Å². The molecule has 3 rings (SSSR count). The molecule has 1 fully saturated rings. The summed E-state index contributed by atoms with van der Waals surface area (Å²) < 4.78 is 0. The Morgan fingerprint density at radius 2 is 1.73 bits per heavy atom. The molecule has 0 atom stereocenters. The second-order valence-electron chi connectivity index (χ2n) is 4.29. The standard InChI is InChI=1S/C12H14N2O/c1-4-8-12(9-5-1)13-10-6-2-3-7-11(10)14-15-12/h2-3,6-7H,1,4-5,8-9H2. The maximum absolute atomic E-state index is 5.59. The van der Waals surface area contributed by atoms with E-state index in [0.717, 1.165) is 23.6 Å². The predicted molar refractivity (Wildman–Crippen MR) is 55.7 cm³/mol. The molecule has 0 saturated heterocycles. The summed E-state index contributed by atoms with van der Waals surface area (Å²) in [5.74, 6) is 0. The van der Waals surface area contributed by atoms with Crippen LogP contribution in [0.15, 0.2) is 34.4 Å². The smallest absolute Gasteiger partial charge is 0.227 e. The zero-order chi connectivity index (χ0) is 10.1. The quantitative estimate of drug-likeness (QED) is 0.628. The molecule has 15 heavy (non-hydrogen) atoms. The largest absolute Gasteiger partial charge is 0.365 e. The minimum absolute atomic E-state index is 0.341. The van der Waals surface area contributed by atoms with Crippen molar-refractivity contribution in [3.63, 3.8) is 0 Å². The molecule has 0 amide bonds. The molecular formula is C12H14N2O. The van der Waals surface area contributed by atoms with E-state index < -0.39 is 0 Å². The monoisotopic (exact) mass is 202 g/mol. The van der Waals surface area contributed by atoms with E-state index in [1.165, 1.54) is 19.3 Å². The second kappa shape index (κ2) is 3.33. The lowest BCUT2D eigenvalue weighted by atomic mass is 9.92. The van der Waals surface area contributed by atoms with Gasteiger partial charge in [-0.1, -0.05) is 23.7 Å². The minimum Gasteiger partial charge on any atom is -0.365 e. The summed E-state index contributed by atoms with van der Waals surface area (Å²) >= 11 is 0. The van der Waals surface area contributed by atoms with Crippen LogP contribution in [-0.2, 0) is 4.84 Å². The fourth-order valence-corrected chi connectivity index (χ4v) is 2.32. The van der Waals surface area contributed by atoms with Crippen LogP contribution in [0.5, 0.6) is 0 Å². The number of rotatable bonds is 0. The van der Waals surface area contributed by atoms with Crippen LogP contribution in [0.1, 0.15) is 32.1 Å². The average Bonchev–Trinajstić information content (AvgIpc) is 2.30. The SMILES string of the molecule is c1ccc2c(c1)=NOC1(CCCCC1)N=2. The Bertz CT molecular complexity index is 475. The van der Waals surface area contributed by atoms with Crippen molar-refractivity contribution in [1.82, 2.24) is 0 Å². The molecule has 1 saturated carbocycles. The van der Waals surface area contributed by atoms with Crippen molar-refractivity contribution in [3.8, 4) is 0 Å². The topological polar surface area (TPSA) is 34.0 Å². The van der Waals surface area contributed by atoms with E-state index >= 15 is 0 Å². The van der Waals surface area contributed by atoms with Crippen LogP contribution in [0.3, 0.4) is 0 Å². The van der Waals surface area contributed by atoms with Crippen molar-refractivity contribution in [3.05, 3.63) is 35.0 Å². The number of benzene rings is 1. The first-order valence-corrected chi connectivity index (χ1v) is 5.59. The number of fused-ring (bicyclic) bond motifs is 1. The summed E-state index contributed by atoms with van der Waals surface area (Å²) in [6, 6.07) is 7.91. The summed E-state index contributed by atoms with van der Waals surface area (Å²) in [5, 5.41) is 6.01. The van der Waals surface area contributed by atoms with Gasteiger partial charge in [0.2, 0.25) is 5.72 Å². The Hall–Kier alpha value is -1.38. The first kappa shape index (κ1) is 8.89. The fraction of sp³-hybridized carbons (Fsp3) is 0.500. The highest BCUT2D eigenvalue weighted by molar-refractivity contribution is 5.02. The van der Waals surface area contributed by atoms with E-state index in [1.54, 1.807) is 0 Å². The average molecular weight is 202 g/mol. The molecule has 1 aromatic carbocycles. The lowest BCUT2D eigenvalue weighted by Crippen LogP contribution is -2.42. The van der Waals surface area contributed by atoms with Gasteiger partial charge in [-0.15, -0.1) is 0 Å². The van der Waals surface area contributed by atoms with Crippen LogP contribution in [0.25, 0.3) is 0 Å². The van der Waals surface area contributed by atoms with E-state index in [4.69, 9.17) is 9.83 Å². The van der Waals surface area contributed by atoms with Crippen molar-refractivity contribution in [1.29, 1.82) is 0 Å².